The number of carboxylic acids is 1. The molecule has 148 valence electrons. The molecular weight excluding hydrogens is 354 g/mol. The van der Waals surface area contributed by atoms with E-state index in [0.717, 1.165) is 6.07 Å². The molecule has 2 unspecified atom stereocenters. The van der Waals surface area contributed by atoms with E-state index in [4.69, 9.17) is 0 Å². The van der Waals surface area contributed by atoms with Crippen LogP contribution >= 0.6 is 0 Å². The SMILES string of the molecule is CC(NC(=O)c1cccc([N+](=O)[O-])c1)C(=O)NC(CCC(C)(C)C)C(=O)O. The first kappa shape index (κ1) is 22.1. The largest absolute Gasteiger partial charge is 0.480 e. The van der Waals surface area contributed by atoms with E-state index >= 15 is 0 Å². The summed E-state index contributed by atoms with van der Waals surface area (Å²) in [4.78, 5) is 45.9. The predicted molar refractivity (Wildman–Crippen MR) is 98.3 cm³/mol. The third-order valence-electron chi connectivity index (χ3n) is 3.86. The van der Waals surface area contributed by atoms with Gasteiger partial charge in [0.15, 0.2) is 0 Å². The van der Waals surface area contributed by atoms with Gasteiger partial charge in [0.25, 0.3) is 11.6 Å². The van der Waals surface area contributed by atoms with Gasteiger partial charge in [-0.05, 0) is 31.2 Å². The average molecular weight is 379 g/mol. The molecule has 0 saturated carbocycles. The van der Waals surface area contributed by atoms with E-state index in [-0.39, 0.29) is 23.1 Å². The van der Waals surface area contributed by atoms with Crippen LogP contribution in [0.5, 0.6) is 0 Å². The third-order valence-corrected chi connectivity index (χ3v) is 3.86. The number of amides is 2. The monoisotopic (exact) mass is 379 g/mol. The number of rotatable bonds is 8. The highest BCUT2D eigenvalue weighted by Gasteiger charge is 2.26. The lowest BCUT2D eigenvalue weighted by molar-refractivity contribution is -0.384. The molecular formula is C18H25N3O6. The van der Waals surface area contributed by atoms with Gasteiger partial charge in [-0.1, -0.05) is 26.8 Å². The van der Waals surface area contributed by atoms with Crippen molar-refractivity contribution in [2.75, 3.05) is 0 Å². The van der Waals surface area contributed by atoms with Gasteiger partial charge < -0.3 is 15.7 Å². The van der Waals surface area contributed by atoms with E-state index in [2.05, 4.69) is 10.6 Å². The van der Waals surface area contributed by atoms with Crippen LogP contribution in [0.15, 0.2) is 24.3 Å². The summed E-state index contributed by atoms with van der Waals surface area (Å²) in [5.41, 5.74) is -0.292. The lowest BCUT2D eigenvalue weighted by atomic mass is 9.88. The fourth-order valence-corrected chi connectivity index (χ4v) is 2.24. The van der Waals surface area contributed by atoms with Gasteiger partial charge in [0.2, 0.25) is 5.91 Å². The minimum absolute atomic E-state index is 0.0337. The molecule has 2 amide bonds. The van der Waals surface area contributed by atoms with E-state index in [1.807, 2.05) is 20.8 Å². The van der Waals surface area contributed by atoms with Crippen molar-refractivity contribution in [3.63, 3.8) is 0 Å². The number of aliphatic carboxylic acids is 1. The van der Waals surface area contributed by atoms with Crippen molar-refractivity contribution in [2.24, 2.45) is 5.41 Å². The molecule has 0 aliphatic heterocycles. The van der Waals surface area contributed by atoms with E-state index in [9.17, 15) is 29.6 Å². The maximum absolute atomic E-state index is 12.2. The van der Waals surface area contributed by atoms with Crippen LogP contribution in [0.25, 0.3) is 0 Å². The smallest absolute Gasteiger partial charge is 0.326 e. The fraction of sp³-hybridized carbons (Fsp3) is 0.500. The summed E-state index contributed by atoms with van der Waals surface area (Å²) >= 11 is 0. The molecule has 0 aliphatic rings. The summed E-state index contributed by atoms with van der Waals surface area (Å²) in [6.45, 7) is 7.31. The molecule has 0 fully saturated rings. The first-order valence-corrected chi connectivity index (χ1v) is 8.49. The second kappa shape index (κ2) is 9.11. The normalized spacial score (nSPS) is 13.3. The zero-order chi connectivity index (χ0) is 20.8. The van der Waals surface area contributed by atoms with Crippen LogP contribution in [0, 0.1) is 15.5 Å². The zero-order valence-corrected chi connectivity index (χ0v) is 15.8. The summed E-state index contributed by atoms with van der Waals surface area (Å²) in [6.07, 6.45) is 0.856. The summed E-state index contributed by atoms with van der Waals surface area (Å²) in [5.74, 6) is -2.46. The Morgan fingerprint density at radius 2 is 1.85 bits per heavy atom. The standard InChI is InChI=1S/C18H25N3O6/c1-11(15(22)20-14(17(24)25)8-9-18(2,3)4)19-16(23)12-6-5-7-13(10-12)21(26)27/h5-7,10-11,14H,8-9H2,1-4H3,(H,19,23)(H,20,22)(H,24,25). The van der Waals surface area contributed by atoms with Crippen molar-refractivity contribution in [1.82, 2.24) is 10.6 Å². The number of benzene rings is 1. The Kier molecular flexibility index (Phi) is 7.45. The molecule has 0 aliphatic carbocycles. The molecule has 1 aromatic carbocycles. The van der Waals surface area contributed by atoms with Gasteiger partial charge in [0.1, 0.15) is 12.1 Å². The Morgan fingerprint density at radius 3 is 2.37 bits per heavy atom. The minimum Gasteiger partial charge on any atom is -0.480 e. The molecule has 0 spiro atoms. The minimum atomic E-state index is -1.15. The van der Waals surface area contributed by atoms with Crippen molar-refractivity contribution in [1.29, 1.82) is 0 Å². The molecule has 1 aromatic rings. The average Bonchev–Trinajstić information content (AvgIpc) is 2.57. The van der Waals surface area contributed by atoms with Crippen LogP contribution in [0.2, 0.25) is 0 Å². The Hall–Kier alpha value is -2.97. The van der Waals surface area contributed by atoms with Gasteiger partial charge in [-0.15, -0.1) is 0 Å². The molecule has 0 radical (unpaired) electrons. The van der Waals surface area contributed by atoms with Crippen molar-refractivity contribution in [3.05, 3.63) is 39.9 Å². The number of nitrogens with one attached hydrogen (secondary N) is 2. The summed E-state index contributed by atoms with van der Waals surface area (Å²) in [6, 6.07) is 3.03. The number of carboxylic acid groups (broad SMARTS) is 1. The van der Waals surface area contributed by atoms with Crippen LogP contribution < -0.4 is 10.6 Å². The third kappa shape index (κ3) is 7.43. The molecule has 0 saturated heterocycles. The van der Waals surface area contributed by atoms with Crippen molar-refractivity contribution >= 4 is 23.5 Å². The molecule has 1 rings (SSSR count). The number of nitro groups is 1. The van der Waals surface area contributed by atoms with E-state index < -0.39 is 34.8 Å². The Morgan fingerprint density at radius 1 is 1.22 bits per heavy atom. The van der Waals surface area contributed by atoms with E-state index in [1.165, 1.54) is 25.1 Å². The molecule has 0 aromatic heterocycles. The van der Waals surface area contributed by atoms with Crippen LogP contribution in [0.1, 0.15) is 50.9 Å². The van der Waals surface area contributed by atoms with Crippen molar-refractivity contribution < 1.29 is 24.4 Å². The van der Waals surface area contributed by atoms with Gasteiger partial charge in [0.05, 0.1) is 4.92 Å². The lowest BCUT2D eigenvalue weighted by Crippen LogP contribution is -2.50. The summed E-state index contributed by atoms with van der Waals surface area (Å²) < 4.78 is 0. The zero-order valence-electron chi connectivity index (χ0n) is 15.8. The van der Waals surface area contributed by atoms with Crippen LogP contribution in [-0.2, 0) is 9.59 Å². The molecule has 0 heterocycles. The number of nitrogens with zero attached hydrogens (tertiary/aromatic N) is 1. The second-order valence-corrected chi connectivity index (χ2v) is 7.50. The number of nitro benzene ring substituents is 1. The number of non-ortho nitro benzene ring substituents is 1. The predicted octanol–water partition coefficient (Wildman–Crippen LogP) is 2.11. The first-order valence-electron chi connectivity index (χ1n) is 8.49. The van der Waals surface area contributed by atoms with Crippen LogP contribution in [0.3, 0.4) is 0 Å². The Balaban J connectivity index is 2.71. The van der Waals surface area contributed by atoms with Gasteiger partial charge in [-0.3, -0.25) is 19.7 Å². The molecule has 2 atom stereocenters. The van der Waals surface area contributed by atoms with Gasteiger partial charge >= 0.3 is 5.97 Å². The number of carbonyl (C=O) groups excluding carboxylic acids is 2. The van der Waals surface area contributed by atoms with Crippen LogP contribution in [0.4, 0.5) is 5.69 Å². The molecule has 3 N–H and O–H groups in total. The first-order chi connectivity index (χ1) is 12.4. The molecule has 0 bridgehead atoms. The van der Waals surface area contributed by atoms with Gasteiger partial charge in [-0.2, -0.15) is 0 Å². The highest BCUT2D eigenvalue weighted by atomic mass is 16.6. The van der Waals surface area contributed by atoms with Gasteiger partial charge in [-0.25, -0.2) is 4.79 Å². The molecule has 9 nitrogen and oxygen atoms in total. The van der Waals surface area contributed by atoms with E-state index in [0.29, 0.717) is 6.42 Å². The summed E-state index contributed by atoms with van der Waals surface area (Å²) in [7, 11) is 0. The van der Waals surface area contributed by atoms with Crippen molar-refractivity contribution in [2.45, 2.75) is 52.6 Å². The quantitative estimate of drug-likeness (QED) is 0.467. The Bertz CT molecular complexity index is 726. The number of hydrogen-bond donors (Lipinski definition) is 3. The highest BCUT2D eigenvalue weighted by Crippen LogP contribution is 2.21. The number of carbonyl (C=O) groups is 3. The summed E-state index contributed by atoms with van der Waals surface area (Å²) in [5, 5.41) is 24.9. The second-order valence-electron chi connectivity index (χ2n) is 7.50. The van der Waals surface area contributed by atoms with Crippen molar-refractivity contribution in [3.8, 4) is 0 Å². The molecule has 9 heteroatoms. The van der Waals surface area contributed by atoms with E-state index in [1.54, 1.807) is 0 Å². The molecule has 27 heavy (non-hydrogen) atoms. The fourth-order valence-electron chi connectivity index (χ4n) is 2.24. The van der Waals surface area contributed by atoms with Crippen LogP contribution in [-0.4, -0.2) is 39.9 Å². The lowest BCUT2D eigenvalue weighted by Gasteiger charge is -2.23. The Labute approximate surface area is 157 Å². The topological polar surface area (TPSA) is 139 Å². The number of hydrogen-bond acceptors (Lipinski definition) is 5. The van der Waals surface area contributed by atoms with Gasteiger partial charge in [0, 0.05) is 17.7 Å². The maximum Gasteiger partial charge on any atom is 0.326 e. The maximum atomic E-state index is 12.2. The highest BCUT2D eigenvalue weighted by molar-refractivity contribution is 5.98.